The van der Waals surface area contributed by atoms with E-state index in [0.29, 0.717) is 21.6 Å². The number of amides is 1. The number of halogens is 2. The molecule has 0 unspecified atom stereocenters. The molecule has 2 rings (SSSR count). The molecule has 0 fully saturated rings. The van der Waals surface area contributed by atoms with Crippen molar-refractivity contribution in [3.63, 3.8) is 0 Å². The van der Waals surface area contributed by atoms with Crippen molar-refractivity contribution in [2.24, 2.45) is 0 Å². The highest BCUT2D eigenvalue weighted by Gasteiger charge is 2.11. The van der Waals surface area contributed by atoms with Crippen LogP contribution in [-0.4, -0.2) is 38.5 Å². The fraction of sp³-hybridized carbons (Fsp3) is 0.167. The van der Waals surface area contributed by atoms with Crippen molar-refractivity contribution in [2.75, 3.05) is 6.54 Å². The number of aromatic carboxylic acids is 1. The van der Waals surface area contributed by atoms with E-state index in [1.54, 1.807) is 18.2 Å². The van der Waals surface area contributed by atoms with E-state index in [0.717, 1.165) is 0 Å². The van der Waals surface area contributed by atoms with Crippen LogP contribution in [0.15, 0.2) is 28.9 Å². The molecule has 0 bridgehead atoms. The van der Waals surface area contributed by atoms with Gasteiger partial charge in [0.15, 0.2) is 5.69 Å². The second kappa shape index (κ2) is 6.68. The molecule has 1 heterocycles. The van der Waals surface area contributed by atoms with E-state index in [1.807, 2.05) is 0 Å². The largest absolute Gasteiger partial charge is 0.476 e. The minimum absolute atomic E-state index is 0.137. The van der Waals surface area contributed by atoms with Gasteiger partial charge in [-0.1, -0.05) is 16.8 Å². The Kier molecular flexibility index (Phi) is 4.92. The summed E-state index contributed by atoms with van der Waals surface area (Å²) in [6.07, 6.45) is 1.30. The zero-order valence-corrected chi connectivity index (χ0v) is 12.9. The molecule has 1 aromatic heterocycles. The molecule has 2 N–H and O–H groups in total. The van der Waals surface area contributed by atoms with Crippen molar-refractivity contribution in [3.8, 4) is 0 Å². The molecule has 0 aliphatic heterocycles. The molecule has 7 nitrogen and oxygen atoms in total. The van der Waals surface area contributed by atoms with Gasteiger partial charge < -0.3 is 10.4 Å². The number of benzene rings is 1. The van der Waals surface area contributed by atoms with Crippen molar-refractivity contribution in [1.29, 1.82) is 0 Å². The molecule has 0 atom stereocenters. The standard InChI is InChI=1S/C12H10BrClN4O3/c13-9-5-7(14)1-2-8(9)11(19)15-3-4-18-6-10(12(20)21)16-17-18/h1-2,5-6H,3-4H2,(H,15,19)(H,20,21). The molecule has 0 aliphatic rings. The van der Waals surface area contributed by atoms with Crippen LogP contribution in [-0.2, 0) is 6.54 Å². The first kappa shape index (κ1) is 15.5. The Morgan fingerprint density at radius 1 is 1.43 bits per heavy atom. The SMILES string of the molecule is O=C(O)c1cn(CCNC(=O)c2ccc(Cl)cc2Br)nn1. The molecule has 21 heavy (non-hydrogen) atoms. The molecule has 2 aromatic rings. The van der Waals surface area contributed by atoms with Gasteiger partial charge in [-0.2, -0.15) is 0 Å². The second-order valence-corrected chi connectivity index (χ2v) is 5.34. The van der Waals surface area contributed by atoms with Crippen molar-refractivity contribution >= 4 is 39.4 Å². The number of carbonyl (C=O) groups is 2. The summed E-state index contributed by atoms with van der Waals surface area (Å²) in [4.78, 5) is 22.6. The molecular formula is C12H10BrClN4O3. The van der Waals surface area contributed by atoms with E-state index >= 15 is 0 Å². The third-order valence-electron chi connectivity index (χ3n) is 2.56. The van der Waals surface area contributed by atoms with E-state index in [2.05, 4.69) is 31.6 Å². The molecule has 1 aromatic carbocycles. The molecule has 0 saturated heterocycles. The zero-order chi connectivity index (χ0) is 15.4. The fourth-order valence-corrected chi connectivity index (χ4v) is 2.42. The maximum absolute atomic E-state index is 12.0. The van der Waals surface area contributed by atoms with Gasteiger partial charge in [0.1, 0.15) is 0 Å². The summed E-state index contributed by atoms with van der Waals surface area (Å²) < 4.78 is 1.95. The van der Waals surface area contributed by atoms with Gasteiger partial charge in [-0.05, 0) is 34.1 Å². The number of hydrogen-bond donors (Lipinski definition) is 2. The Morgan fingerprint density at radius 2 is 2.19 bits per heavy atom. The highest BCUT2D eigenvalue weighted by Crippen LogP contribution is 2.21. The van der Waals surface area contributed by atoms with Crippen LogP contribution in [0.2, 0.25) is 5.02 Å². The summed E-state index contributed by atoms with van der Waals surface area (Å²) >= 11 is 9.07. The third-order valence-corrected chi connectivity index (χ3v) is 3.45. The number of carboxylic acids is 1. The summed E-state index contributed by atoms with van der Waals surface area (Å²) in [5.74, 6) is -1.41. The van der Waals surface area contributed by atoms with Crippen LogP contribution in [0.5, 0.6) is 0 Å². The zero-order valence-electron chi connectivity index (χ0n) is 10.6. The minimum atomic E-state index is -1.14. The normalized spacial score (nSPS) is 10.4. The summed E-state index contributed by atoms with van der Waals surface area (Å²) in [6.45, 7) is 0.605. The van der Waals surface area contributed by atoms with Gasteiger partial charge in [-0.25, -0.2) is 9.48 Å². The molecule has 9 heteroatoms. The smallest absolute Gasteiger partial charge is 0.358 e. The molecule has 0 radical (unpaired) electrons. The van der Waals surface area contributed by atoms with Crippen LogP contribution in [0.3, 0.4) is 0 Å². The van der Waals surface area contributed by atoms with Crippen molar-refractivity contribution in [3.05, 3.63) is 45.1 Å². The lowest BCUT2D eigenvalue weighted by molar-refractivity contribution is 0.0690. The quantitative estimate of drug-likeness (QED) is 0.833. The van der Waals surface area contributed by atoms with Gasteiger partial charge in [0, 0.05) is 16.0 Å². The van der Waals surface area contributed by atoms with Crippen molar-refractivity contribution in [2.45, 2.75) is 6.54 Å². The Morgan fingerprint density at radius 3 is 2.81 bits per heavy atom. The van der Waals surface area contributed by atoms with Crippen molar-refractivity contribution < 1.29 is 14.7 Å². The highest BCUT2D eigenvalue weighted by atomic mass is 79.9. The van der Waals surface area contributed by atoms with Gasteiger partial charge in [-0.3, -0.25) is 4.79 Å². The van der Waals surface area contributed by atoms with Crippen LogP contribution in [0.25, 0.3) is 0 Å². The number of carbonyl (C=O) groups excluding carboxylic acids is 1. The summed E-state index contributed by atoms with van der Waals surface area (Å²) in [5.41, 5.74) is 0.325. The minimum Gasteiger partial charge on any atom is -0.476 e. The number of aromatic nitrogens is 3. The molecule has 0 aliphatic carbocycles. The van der Waals surface area contributed by atoms with Crippen LogP contribution in [0, 0.1) is 0 Å². The lowest BCUT2D eigenvalue weighted by atomic mass is 10.2. The molecule has 0 saturated carbocycles. The van der Waals surface area contributed by atoms with Crippen LogP contribution in [0.4, 0.5) is 0 Å². The Hall–Kier alpha value is -1.93. The van der Waals surface area contributed by atoms with Gasteiger partial charge in [0.25, 0.3) is 5.91 Å². The molecule has 0 spiro atoms. The van der Waals surface area contributed by atoms with E-state index in [-0.39, 0.29) is 18.1 Å². The Balaban J connectivity index is 1.90. The maximum Gasteiger partial charge on any atom is 0.358 e. The predicted molar refractivity (Wildman–Crippen MR) is 78.5 cm³/mol. The van der Waals surface area contributed by atoms with Gasteiger partial charge >= 0.3 is 5.97 Å². The van der Waals surface area contributed by atoms with E-state index in [1.165, 1.54) is 10.9 Å². The Labute approximate surface area is 133 Å². The topological polar surface area (TPSA) is 97.1 Å². The van der Waals surface area contributed by atoms with E-state index in [9.17, 15) is 9.59 Å². The van der Waals surface area contributed by atoms with Gasteiger partial charge in [0.2, 0.25) is 0 Å². The number of hydrogen-bond acceptors (Lipinski definition) is 4. The highest BCUT2D eigenvalue weighted by molar-refractivity contribution is 9.10. The molecule has 1 amide bonds. The van der Waals surface area contributed by atoms with Gasteiger partial charge in [0.05, 0.1) is 18.3 Å². The first-order valence-electron chi connectivity index (χ1n) is 5.84. The average Bonchev–Trinajstić information content (AvgIpc) is 2.87. The maximum atomic E-state index is 12.0. The lowest BCUT2D eigenvalue weighted by Crippen LogP contribution is -2.27. The summed E-state index contributed by atoms with van der Waals surface area (Å²) in [7, 11) is 0. The number of nitrogens with zero attached hydrogens (tertiary/aromatic N) is 3. The number of rotatable bonds is 5. The lowest BCUT2D eigenvalue weighted by Gasteiger charge is -2.07. The Bertz CT molecular complexity index is 689. The summed E-state index contributed by atoms with van der Waals surface area (Å²) in [5, 5.41) is 19.1. The fourth-order valence-electron chi connectivity index (χ4n) is 1.56. The van der Waals surface area contributed by atoms with Crippen LogP contribution < -0.4 is 5.32 Å². The van der Waals surface area contributed by atoms with Crippen LogP contribution in [0.1, 0.15) is 20.8 Å². The average molecular weight is 374 g/mol. The number of nitrogens with one attached hydrogen (secondary N) is 1. The van der Waals surface area contributed by atoms with Crippen molar-refractivity contribution in [1.82, 2.24) is 20.3 Å². The van der Waals surface area contributed by atoms with E-state index < -0.39 is 5.97 Å². The predicted octanol–water partition coefficient (Wildman–Crippen LogP) is 1.82. The van der Waals surface area contributed by atoms with E-state index in [4.69, 9.17) is 16.7 Å². The number of carboxylic acid groups (broad SMARTS) is 1. The summed E-state index contributed by atoms with van der Waals surface area (Å²) in [6, 6.07) is 4.87. The molecular weight excluding hydrogens is 364 g/mol. The third kappa shape index (κ3) is 4.02. The van der Waals surface area contributed by atoms with Gasteiger partial charge in [-0.15, -0.1) is 5.10 Å². The monoisotopic (exact) mass is 372 g/mol. The van der Waals surface area contributed by atoms with Crippen LogP contribution >= 0.6 is 27.5 Å². The first-order valence-corrected chi connectivity index (χ1v) is 7.01. The first-order chi connectivity index (χ1) is 9.97. The molecule has 110 valence electrons. The second-order valence-electron chi connectivity index (χ2n) is 4.05.